The highest BCUT2D eigenvalue weighted by Crippen LogP contribution is 2.45. The summed E-state index contributed by atoms with van der Waals surface area (Å²) in [4.78, 5) is 73.5. The first-order chi connectivity index (χ1) is 54.2. The lowest BCUT2D eigenvalue weighted by atomic mass is 10.0. The van der Waals surface area contributed by atoms with Crippen molar-refractivity contribution in [3.8, 4) is 0 Å². The molecule has 0 aromatic rings. The van der Waals surface area contributed by atoms with Crippen LogP contribution in [0.25, 0.3) is 0 Å². The molecule has 0 aromatic heterocycles. The number of hydrogen-bond donors (Lipinski definition) is 3. The van der Waals surface area contributed by atoms with E-state index in [9.17, 15) is 43.2 Å². The average molecular weight is 1620 g/mol. The first-order valence-electron chi connectivity index (χ1n) is 47.8. The van der Waals surface area contributed by atoms with Crippen molar-refractivity contribution < 1.29 is 80.2 Å². The predicted molar refractivity (Wildman–Crippen MR) is 460 cm³/mol. The number of phosphoric ester groups is 2. The lowest BCUT2D eigenvalue weighted by molar-refractivity contribution is -0.161. The Balaban J connectivity index is 5.25. The topological polar surface area (TPSA) is 237 Å². The number of carbonyl (C=O) groups excluding carboxylic acids is 4. The van der Waals surface area contributed by atoms with Gasteiger partial charge < -0.3 is 33.8 Å². The summed E-state index contributed by atoms with van der Waals surface area (Å²) in [6.45, 7) is 5.10. The molecule has 19 heteroatoms. The Morgan fingerprint density at radius 1 is 0.216 bits per heavy atom. The monoisotopic (exact) mass is 1620 g/mol. The van der Waals surface area contributed by atoms with Crippen LogP contribution < -0.4 is 0 Å². The molecule has 17 nitrogen and oxygen atoms in total. The third-order valence-electron chi connectivity index (χ3n) is 21.9. The molecule has 0 amide bonds. The summed E-state index contributed by atoms with van der Waals surface area (Å²) in [5.41, 5.74) is 0. The number of unbranched alkanes of at least 4 members (excludes halogenated alkanes) is 67. The van der Waals surface area contributed by atoms with Gasteiger partial charge in [-0.05, 0) is 25.7 Å². The molecule has 0 heterocycles. The third kappa shape index (κ3) is 85.8. The Morgan fingerprint density at radius 2 is 0.360 bits per heavy atom. The van der Waals surface area contributed by atoms with E-state index in [0.717, 1.165) is 89.9 Å². The van der Waals surface area contributed by atoms with Gasteiger partial charge in [-0.15, -0.1) is 0 Å². The summed E-state index contributed by atoms with van der Waals surface area (Å²) in [5.74, 6) is -2.09. The number of aliphatic hydroxyl groups excluding tert-OH is 1. The van der Waals surface area contributed by atoms with E-state index in [2.05, 4.69) is 27.7 Å². The predicted octanol–water partition coefficient (Wildman–Crippen LogP) is 28.9. The van der Waals surface area contributed by atoms with Crippen LogP contribution in [0.5, 0.6) is 0 Å². The van der Waals surface area contributed by atoms with Gasteiger partial charge >= 0.3 is 39.5 Å². The van der Waals surface area contributed by atoms with Crippen LogP contribution in [-0.4, -0.2) is 96.7 Å². The molecule has 0 spiro atoms. The van der Waals surface area contributed by atoms with Crippen LogP contribution in [0.1, 0.15) is 509 Å². The summed E-state index contributed by atoms with van der Waals surface area (Å²) in [5, 5.41) is 10.7. The molecule has 0 bridgehead atoms. The second-order valence-electron chi connectivity index (χ2n) is 33.1. The van der Waals surface area contributed by atoms with Gasteiger partial charge in [-0.3, -0.25) is 37.3 Å². The van der Waals surface area contributed by atoms with Crippen LogP contribution in [0.2, 0.25) is 0 Å². The van der Waals surface area contributed by atoms with Crippen LogP contribution in [0.4, 0.5) is 0 Å². The summed E-state index contributed by atoms with van der Waals surface area (Å²) in [6.07, 6.45) is 83.4. The Labute approximate surface area is 683 Å². The minimum absolute atomic E-state index is 0.110. The zero-order valence-electron chi connectivity index (χ0n) is 73.0. The van der Waals surface area contributed by atoms with Gasteiger partial charge in [0.1, 0.15) is 19.3 Å². The summed E-state index contributed by atoms with van der Waals surface area (Å²) in [7, 11) is -9.94. The van der Waals surface area contributed by atoms with E-state index < -0.39 is 97.5 Å². The Bertz CT molecular complexity index is 2090. The molecule has 3 N–H and O–H groups in total. The van der Waals surface area contributed by atoms with Gasteiger partial charge in [-0.2, -0.15) is 0 Å². The van der Waals surface area contributed by atoms with E-state index in [4.69, 9.17) is 37.0 Å². The zero-order valence-corrected chi connectivity index (χ0v) is 74.7. The van der Waals surface area contributed by atoms with Crippen molar-refractivity contribution >= 4 is 39.5 Å². The number of ether oxygens (including phenoxy) is 4. The SMILES string of the molecule is CCCCCCCCCCCCCCCCCCCCCCCC(=O)O[C@H](COC(=O)CCCCCCCCCCCCCCCCCCCCC)COP(=O)(O)OC[C@@H](O)COP(=O)(O)OC[C@@H](COC(=O)CCCCCCCCCCCCCCC)OC(=O)CCCCCCCCCCCCCCCCCCCC. The second kappa shape index (κ2) is 85.9. The Hall–Kier alpha value is -1.94. The highest BCUT2D eigenvalue weighted by molar-refractivity contribution is 7.47. The molecular formula is C92H180O17P2. The fourth-order valence-electron chi connectivity index (χ4n) is 14.6. The Kier molecular flexibility index (Phi) is 84.4. The smallest absolute Gasteiger partial charge is 0.462 e. The van der Waals surface area contributed by atoms with E-state index >= 15 is 0 Å². The van der Waals surface area contributed by atoms with Crippen LogP contribution in [0.15, 0.2) is 0 Å². The molecular weight excluding hydrogens is 1440 g/mol. The standard InChI is InChI=1S/C92H180O17P2/c1-5-9-13-17-21-25-29-33-36-39-42-43-45-48-51-55-59-63-67-71-75-79-92(97)109-88(83-103-90(95)77-73-69-65-61-57-53-49-47-44-40-37-34-30-26-22-18-14-10-6-2)85-107-111(100,101)105-81-86(93)80-104-110(98,99)106-84-87(82-102-89(94)76-72-68-64-60-56-52-32-28-24-20-16-12-8-4)108-91(96)78-74-70-66-62-58-54-50-46-41-38-35-31-27-23-19-15-11-7-3/h86-88,93H,5-85H2,1-4H3,(H,98,99)(H,100,101)/t86-,87+,88+/m0/s1. The maximum Gasteiger partial charge on any atom is 0.472 e. The molecule has 0 aliphatic carbocycles. The second-order valence-corrected chi connectivity index (χ2v) is 36.0. The molecule has 0 aliphatic rings. The Morgan fingerprint density at radius 3 is 0.532 bits per heavy atom. The molecule has 0 rings (SSSR count). The zero-order chi connectivity index (χ0) is 81.0. The fraction of sp³-hybridized carbons (Fsp3) is 0.957. The fourth-order valence-corrected chi connectivity index (χ4v) is 16.2. The molecule has 660 valence electrons. The molecule has 111 heavy (non-hydrogen) atoms. The lowest BCUT2D eigenvalue weighted by Gasteiger charge is -2.21. The van der Waals surface area contributed by atoms with E-state index in [-0.39, 0.29) is 25.7 Å². The van der Waals surface area contributed by atoms with Crippen molar-refractivity contribution in [2.24, 2.45) is 0 Å². The van der Waals surface area contributed by atoms with Crippen molar-refractivity contribution in [3.05, 3.63) is 0 Å². The highest BCUT2D eigenvalue weighted by Gasteiger charge is 2.31. The van der Waals surface area contributed by atoms with Gasteiger partial charge in [0.2, 0.25) is 0 Å². The minimum Gasteiger partial charge on any atom is -0.462 e. The van der Waals surface area contributed by atoms with Gasteiger partial charge in [-0.25, -0.2) is 9.13 Å². The molecule has 2 unspecified atom stereocenters. The number of aliphatic hydroxyl groups is 1. The number of esters is 4. The molecule has 5 atom stereocenters. The number of hydrogen-bond acceptors (Lipinski definition) is 15. The van der Waals surface area contributed by atoms with E-state index in [1.165, 1.54) is 340 Å². The molecule has 0 radical (unpaired) electrons. The van der Waals surface area contributed by atoms with Crippen LogP contribution in [-0.2, 0) is 65.4 Å². The van der Waals surface area contributed by atoms with Gasteiger partial charge in [0.15, 0.2) is 12.2 Å². The van der Waals surface area contributed by atoms with Crippen molar-refractivity contribution in [2.45, 2.75) is 528 Å². The van der Waals surface area contributed by atoms with E-state index in [0.29, 0.717) is 25.7 Å². The molecule has 0 saturated carbocycles. The van der Waals surface area contributed by atoms with Crippen molar-refractivity contribution in [2.75, 3.05) is 39.6 Å². The molecule has 0 aromatic carbocycles. The van der Waals surface area contributed by atoms with Crippen molar-refractivity contribution in [1.82, 2.24) is 0 Å². The maximum atomic E-state index is 13.2. The normalized spacial score (nSPS) is 13.6. The van der Waals surface area contributed by atoms with Crippen LogP contribution in [0, 0.1) is 0 Å². The van der Waals surface area contributed by atoms with Gasteiger partial charge in [0.05, 0.1) is 26.4 Å². The third-order valence-corrected chi connectivity index (χ3v) is 23.8. The minimum atomic E-state index is -4.97. The highest BCUT2D eigenvalue weighted by atomic mass is 31.2. The number of carbonyl (C=O) groups is 4. The van der Waals surface area contributed by atoms with Gasteiger partial charge in [-0.1, -0.05) is 458 Å². The first-order valence-corrected chi connectivity index (χ1v) is 50.8. The average Bonchev–Trinajstić information content (AvgIpc) is 0.901. The number of phosphoric acid groups is 2. The first kappa shape index (κ1) is 109. The molecule has 0 fully saturated rings. The van der Waals surface area contributed by atoms with Crippen molar-refractivity contribution in [3.63, 3.8) is 0 Å². The van der Waals surface area contributed by atoms with Gasteiger partial charge in [0.25, 0.3) is 0 Å². The van der Waals surface area contributed by atoms with Crippen LogP contribution in [0.3, 0.4) is 0 Å². The number of rotatable bonds is 93. The quantitative estimate of drug-likeness (QED) is 0.0222. The van der Waals surface area contributed by atoms with Gasteiger partial charge in [0, 0.05) is 25.7 Å². The molecule has 0 saturated heterocycles. The molecule has 0 aliphatic heterocycles. The lowest BCUT2D eigenvalue weighted by Crippen LogP contribution is -2.30. The maximum absolute atomic E-state index is 13.2. The van der Waals surface area contributed by atoms with E-state index in [1.807, 2.05) is 0 Å². The summed E-state index contributed by atoms with van der Waals surface area (Å²) in [6, 6.07) is 0. The van der Waals surface area contributed by atoms with Crippen molar-refractivity contribution in [1.29, 1.82) is 0 Å². The summed E-state index contributed by atoms with van der Waals surface area (Å²) >= 11 is 0. The largest absolute Gasteiger partial charge is 0.472 e. The van der Waals surface area contributed by atoms with Crippen LogP contribution >= 0.6 is 15.6 Å². The summed E-state index contributed by atoms with van der Waals surface area (Å²) < 4.78 is 69.1. The van der Waals surface area contributed by atoms with E-state index in [1.54, 1.807) is 0 Å².